The number of amides is 1. The molecule has 1 fully saturated rings. The van der Waals surface area contributed by atoms with Crippen LogP contribution in [0.15, 0.2) is 35.1 Å². The van der Waals surface area contributed by atoms with Crippen molar-refractivity contribution in [3.63, 3.8) is 0 Å². The summed E-state index contributed by atoms with van der Waals surface area (Å²) in [4.78, 5) is 24.5. The zero-order valence-electron chi connectivity index (χ0n) is 16.7. The molecule has 1 aromatic heterocycles. The summed E-state index contributed by atoms with van der Waals surface area (Å²) in [7, 11) is 0. The molecule has 29 heavy (non-hydrogen) atoms. The minimum Gasteiger partial charge on any atom is -0.486 e. The lowest BCUT2D eigenvalue weighted by Crippen LogP contribution is -2.50. The third-order valence-electron chi connectivity index (χ3n) is 4.24. The Morgan fingerprint density at radius 3 is 2.41 bits per heavy atom. The molecule has 0 atom stereocenters. The maximum Gasteiger partial charge on any atom is 0.410 e. The van der Waals surface area contributed by atoms with Crippen molar-refractivity contribution in [2.24, 2.45) is 0 Å². The Labute approximate surface area is 178 Å². The van der Waals surface area contributed by atoms with Crippen LogP contribution in [0, 0.1) is 5.82 Å². The number of hydrogen-bond acceptors (Lipinski definition) is 6. The first-order chi connectivity index (χ1) is 13.7. The Balaban J connectivity index is 1.51. The number of anilines is 1. The molecule has 0 N–H and O–H groups in total. The van der Waals surface area contributed by atoms with Crippen LogP contribution in [0.25, 0.3) is 0 Å². The van der Waals surface area contributed by atoms with E-state index in [1.807, 2.05) is 25.7 Å². The van der Waals surface area contributed by atoms with Gasteiger partial charge in [-0.25, -0.2) is 19.2 Å². The van der Waals surface area contributed by atoms with E-state index in [0.717, 1.165) is 0 Å². The summed E-state index contributed by atoms with van der Waals surface area (Å²) in [5.41, 5.74) is -0.0534. The molecule has 0 radical (unpaired) electrons. The van der Waals surface area contributed by atoms with E-state index in [-0.39, 0.29) is 18.5 Å². The normalized spacial score (nSPS) is 14.7. The highest BCUT2D eigenvalue weighted by molar-refractivity contribution is 9.10. The monoisotopic (exact) mass is 466 g/mol. The standard InChI is InChI=1S/C20H24BrFN4O3/c1-20(2,3)29-19(27)26-8-6-25(7-9-26)18-23-11-16(12-24-18)28-13-14-4-5-15(21)10-17(14)22/h4-5,10-12H,6-9,13H2,1-3H3. The lowest BCUT2D eigenvalue weighted by molar-refractivity contribution is 0.0240. The fraction of sp³-hybridized carbons (Fsp3) is 0.450. The van der Waals surface area contributed by atoms with Crippen LogP contribution in [0.1, 0.15) is 26.3 Å². The van der Waals surface area contributed by atoms with Gasteiger partial charge in [0.05, 0.1) is 12.4 Å². The Hall–Kier alpha value is -2.42. The van der Waals surface area contributed by atoms with Crippen LogP contribution in [-0.4, -0.2) is 52.7 Å². The quantitative estimate of drug-likeness (QED) is 0.677. The van der Waals surface area contributed by atoms with Crippen LogP contribution >= 0.6 is 15.9 Å². The molecule has 1 aliphatic heterocycles. The number of ether oxygens (including phenoxy) is 2. The van der Waals surface area contributed by atoms with Gasteiger partial charge in [-0.3, -0.25) is 0 Å². The zero-order valence-corrected chi connectivity index (χ0v) is 18.3. The van der Waals surface area contributed by atoms with E-state index >= 15 is 0 Å². The predicted molar refractivity (Wildman–Crippen MR) is 110 cm³/mol. The molecule has 0 spiro atoms. The molecule has 3 rings (SSSR count). The van der Waals surface area contributed by atoms with Gasteiger partial charge in [0.15, 0.2) is 5.75 Å². The molecule has 2 aromatic rings. The lowest BCUT2D eigenvalue weighted by atomic mass is 10.2. The van der Waals surface area contributed by atoms with Gasteiger partial charge in [-0.2, -0.15) is 0 Å². The summed E-state index contributed by atoms with van der Waals surface area (Å²) in [6.45, 7) is 7.96. The third kappa shape index (κ3) is 6.03. The summed E-state index contributed by atoms with van der Waals surface area (Å²) in [5, 5.41) is 0. The minimum atomic E-state index is -0.508. The fourth-order valence-corrected chi connectivity index (χ4v) is 3.10. The van der Waals surface area contributed by atoms with Gasteiger partial charge in [0.1, 0.15) is 18.0 Å². The largest absolute Gasteiger partial charge is 0.486 e. The molecule has 2 heterocycles. The van der Waals surface area contributed by atoms with E-state index in [0.29, 0.717) is 47.9 Å². The van der Waals surface area contributed by atoms with Crippen molar-refractivity contribution >= 4 is 28.0 Å². The molecular weight excluding hydrogens is 443 g/mol. The van der Waals surface area contributed by atoms with Gasteiger partial charge in [-0.1, -0.05) is 22.0 Å². The first-order valence-electron chi connectivity index (χ1n) is 9.33. The molecule has 7 nitrogen and oxygen atoms in total. The molecule has 0 aliphatic carbocycles. The second kappa shape index (κ2) is 8.94. The molecule has 1 saturated heterocycles. The fourth-order valence-electron chi connectivity index (χ4n) is 2.76. The van der Waals surface area contributed by atoms with Crippen molar-refractivity contribution < 1.29 is 18.7 Å². The number of carbonyl (C=O) groups excluding carboxylic acids is 1. The highest BCUT2D eigenvalue weighted by Gasteiger charge is 2.26. The van der Waals surface area contributed by atoms with E-state index in [4.69, 9.17) is 9.47 Å². The van der Waals surface area contributed by atoms with Gasteiger partial charge >= 0.3 is 6.09 Å². The Kier molecular flexibility index (Phi) is 6.56. The minimum absolute atomic E-state index is 0.0936. The van der Waals surface area contributed by atoms with E-state index in [9.17, 15) is 9.18 Å². The van der Waals surface area contributed by atoms with Crippen molar-refractivity contribution in [3.8, 4) is 5.75 Å². The van der Waals surface area contributed by atoms with Crippen LogP contribution in [0.5, 0.6) is 5.75 Å². The number of halogens is 2. The van der Waals surface area contributed by atoms with Crippen molar-refractivity contribution in [3.05, 3.63) is 46.4 Å². The molecule has 9 heteroatoms. The van der Waals surface area contributed by atoms with Gasteiger partial charge in [0, 0.05) is 36.2 Å². The number of carbonyl (C=O) groups is 1. The summed E-state index contributed by atoms with van der Waals surface area (Å²) < 4.78 is 25.5. The lowest BCUT2D eigenvalue weighted by Gasteiger charge is -2.35. The second-order valence-electron chi connectivity index (χ2n) is 7.70. The van der Waals surface area contributed by atoms with Gasteiger partial charge < -0.3 is 19.3 Å². The van der Waals surface area contributed by atoms with E-state index < -0.39 is 5.60 Å². The van der Waals surface area contributed by atoms with Crippen LogP contribution < -0.4 is 9.64 Å². The maximum absolute atomic E-state index is 13.9. The van der Waals surface area contributed by atoms with Gasteiger partial charge in [-0.05, 0) is 32.9 Å². The zero-order chi connectivity index (χ0) is 21.0. The Morgan fingerprint density at radius 1 is 1.17 bits per heavy atom. The van der Waals surface area contributed by atoms with Crippen LogP contribution in [-0.2, 0) is 11.3 Å². The van der Waals surface area contributed by atoms with E-state index in [1.54, 1.807) is 29.4 Å². The third-order valence-corrected chi connectivity index (χ3v) is 4.73. The number of benzene rings is 1. The number of hydrogen-bond donors (Lipinski definition) is 0. The van der Waals surface area contributed by atoms with Gasteiger partial charge in [-0.15, -0.1) is 0 Å². The predicted octanol–water partition coefficient (Wildman–Crippen LogP) is 4.01. The SMILES string of the molecule is CC(C)(C)OC(=O)N1CCN(c2ncc(OCc3ccc(Br)cc3F)cn2)CC1. The summed E-state index contributed by atoms with van der Waals surface area (Å²) in [6, 6.07) is 4.83. The molecular formula is C20H24BrFN4O3. The molecule has 156 valence electrons. The summed E-state index contributed by atoms with van der Waals surface area (Å²) >= 11 is 3.23. The Bertz CT molecular complexity index is 850. The molecule has 1 amide bonds. The molecule has 0 saturated carbocycles. The first-order valence-corrected chi connectivity index (χ1v) is 10.1. The second-order valence-corrected chi connectivity index (χ2v) is 8.61. The summed E-state index contributed by atoms with van der Waals surface area (Å²) in [5.74, 6) is 0.694. The average molecular weight is 467 g/mol. The van der Waals surface area contributed by atoms with Crippen molar-refractivity contribution in [1.82, 2.24) is 14.9 Å². The van der Waals surface area contributed by atoms with Crippen molar-refractivity contribution in [1.29, 1.82) is 0 Å². The highest BCUT2D eigenvalue weighted by atomic mass is 79.9. The molecule has 0 bridgehead atoms. The van der Waals surface area contributed by atoms with Gasteiger partial charge in [0.2, 0.25) is 5.95 Å². The Morgan fingerprint density at radius 2 is 1.83 bits per heavy atom. The van der Waals surface area contributed by atoms with Crippen LogP contribution in [0.2, 0.25) is 0 Å². The average Bonchev–Trinajstić information content (AvgIpc) is 2.66. The smallest absolute Gasteiger partial charge is 0.410 e. The number of nitrogens with zero attached hydrogens (tertiary/aromatic N) is 4. The van der Waals surface area contributed by atoms with E-state index in [2.05, 4.69) is 25.9 Å². The van der Waals surface area contributed by atoms with Crippen LogP contribution in [0.4, 0.5) is 15.1 Å². The molecule has 1 aliphatic rings. The van der Waals surface area contributed by atoms with Crippen LogP contribution in [0.3, 0.4) is 0 Å². The number of rotatable bonds is 4. The maximum atomic E-state index is 13.9. The summed E-state index contributed by atoms with van der Waals surface area (Å²) in [6.07, 6.45) is 2.83. The number of piperazine rings is 1. The van der Waals surface area contributed by atoms with Crippen molar-refractivity contribution in [2.45, 2.75) is 33.0 Å². The highest BCUT2D eigenvalue weighted by Crippen LogP contribution is 2.19. The van der Waals surface area contributed by atoms with Gasteiger partial charge in [0.25, 0.3) is 0 Å². The van der Waals surface area contributed by atoms with E-state index in [1.165, 1.54) is 6.07 Å². The van der Waals surface area contributed by atoms with Crippen molar-refractivity contribution in [2.75, 3.05) is 31.1 Å². The topological polar surface area (TPSA) is 67.8 Å². The first kappa shape index (κ1) is 21.3. The molecule has 1 aromatic carbocycles. The molecule has 0 unspecified atom stereocenters. The number of aromatic nitrogens is 2.